The number of hydrogen-bond acceptors (Lipinski definition) is 5. The fraction of sp³-hybridized carbons (Fsp3) is 0.400. The zero-order chi connectivity index (χ0) is 14.3. The van der Waals surface area contributed by atoms with Crippen LogP contribution in [0.25, 0.3) is 11.2 Å². The van der Waals surface area contributed by atoms with Gasteiger partial charge in [0.15, 0.2) is 11.2 Å². The third kappa shape index (κ3) is 1.93. The lowest BCUT2D eigenvalue weighted by Crippen LogP contribution is -2.37. The topological polar surface area (TPSA) is 88.1 Å². The molecule has 0 bridgehead atoms. The van der Waals surface area contributed by atoms with Crippen molar-refractivity contribution < 1.29 is 9.53 Å². The Morgan fingerprint density at radius 2 is 1.95 bits per heavy atom. The van der Waals surface area contributed by atoms with Gasteiger partial charge in [-0.25, -0.2) is 4.79 Å². The average molecular weight is 287 g/mol. The van der Waals surface area contributed by atoms with Crippen LogP contribution >= 0.6 is 11.6 Å². The Hall–Kier alpha value is -2.09. The summed E-state index contributed by atoms with van der Waals surface area (Å²) in [5, 5.41) is -0.0568. The highest BCUT2D eigenvalue weighted by Gasteiger charge is 2.19. The Balaban J connectivity index is 2.87. The molecule has 0 amide bonds. The van der Waals surface area contributed by atoms with Crippen LogP contribution in [-0.2, 0) is 30.2 Å². The fourth-order valence-corrected chi connectivity index (χ4v) is 1.98. The minimum atomic E-state index is -0.572. The maximum Gasteiger partial charge on any atom is 0.332 e. The first-order valence-corrected chi connectivity index (χ1v) is 5.64. The van der Waals surface area contributed by atoms with Crippen molar-refractivity contribution in [3.8, 4) is 0 Å². The molecule has 2 aromatic rings. The van der Waals surface area contributed by atoms with Gasteiger partial charge in [-0.1, -0.05) is 0 Å². The SMILES string of the molecule is COC(=O)Cn1c(Cl)nc2c1c(=O)n(C)c(=O)n2C. The van der Waals surface area contributed by atoms with Crippen molar-refractivity contribution in [2.24, 2.45) is 14.1 Å². The third-order valence-corrected chi connectivity index (χ3v) is 3.10. The molecule has 0 aliphatic heterocycles. The van der Waals surface area contributed by atoms with Crippen molar-refractivity contribution in [3.63, 3.8) is 0 Å². The minimum Gasteiger partial charge on any atom is -0.468 e. The maximum atomic E-state index is 12.1. The molecule has 0 saturated heterocycles. The zero-order valence-electron chi connectivity index (χ0n) is 10.5. The lowest BCUT2D eigenvalue weighted by molar-refractivity contribution is -0.141. The second-order valence-corrected chi connectivity index (χ2v) is 4.26. The number of carbonyl (C=O) groups is 1. The molecular weight excluding hydrogens is 276 g/mol. The predicted molar refractivity (Wildman–Crippen MR) is 67.2 cm³/mol. The van der Waals surface area contributed by atoms with Gasteiger partial charge in [0.05, 0.1) is 7.11 Å². The van der Waals surface area contributed by atoms with Gasteiger partial charge in [-0.05, 0) is 11.6 Å². The van der Waals surface area contributed by atoms with E-state index in [0.29, 0.717) is 0 Å². The van der Waals surface area contributed by atoms with Gasteiger partial charge in [0.2, 0.25) is 5.28 Å². The number of nitrogens with zero attached hydrogens (tertiary/aromatic N) is 4. The van der Waals surface area contributed by atoms with E-state index in [2.05, 4.69) is 9.72 Å². The Labute approximate surface area is 111 Å². The minimum absolute atomic E-state index is 0.0568. The summed E-state index contributed by atoms with van der Waals surface area (Å²) >= 11 is 5.90. The van der Waals surface area contributed by atoms with Crippen LogP contribution in [0.3, 0.4) is 0 Å². The molecule has 0 N–H and O–H groups in total. The molecule has 0 unspecified atom stereocenters. The van der Waals surface area contributed by atoms with Gasteiger partial charge >= 0.3 is 11.7 Å². The number of aromatic nitrogens is 4. The quantitative estimate of drug-likeness (QED) is 0.536. The highest BCUT2D eigenvalue weighted by Crippen LogP contribution is 2.15. The number of fused-ring (bicyclic) bond motifs is 1. The number of halogens is 1. The largest absolute Gasteiger partial charge is 0.468 e. The van der Waals surface area contributed by atoms with Crippen LogP contribution in [0, 0.1) is 0 Å². The number of ether oxygens (including phenoxy) is 1. The van der Waals surface area contributed by atoms with E-state index in [1.165, 1.54) is 30.3 Å². The lowest BCUT2D eigenvalue weighted by atomic mass is 10.5. The number of rotatable bonds is 2. The second-order valence-electron chi connectivity index (χ2n) is 3.92. The molecule has 0 fully saturated rings. The molecule has 0 aliphatic rings. The Morgan fingerprint density at radius 3 is 2.53 bits per heavy atom. The smallest absolute Gasteiger partial charge is 0.332 e. The van der Waals surface area contributed by atoms with Crippen molar-refractivity contribution in [2.45, 2.75) is 6.54 Å². The molecule has 2 aromatic heterocycles. The zero-order valence-corrected chi connectivity index (χ0v) is 11.3. The maximum absolute atomic E-state index is 12.1. The van der Waals surface area contributed by atoms with E-state index in [1.54, 1.807) is 0 Å². The fourth-order valence-electron chi connectivity index (χ4n) is 1.76. The van der Waals surface area contributed by atoms with E-state index < -0.39 is 17.2 Å². The van der Waals surface area contributed by atoms with E-state index in [0.717, 1.165) is 4.57 Å². The Morgan fingerprint density at radius 1 is 1.32 bits per heavy atom. The summed E-state index contributed by atoms with van der Waals surface area (Å²) in [5.41, 5.74) is -0.875. The number of carbonyl (C=O) groups excluding carboxylic acids is 1. The summed E-state index contributed by atoms with van der Waals surface area (Å²) in [6.45, 7) is -0.251. The van der Waals surface area contributed by atoms with E-state index >= 15 is 0 Å². The van der Waals surface area contributed by atoms with E-state index in [9.17, 15) is 14.4 Å². The van der Waals surface area contributed by atoms with E-state index in [4.69, 9.17) is 11.6 Å². The second kappa shape index (κ2) is 4.54. The van der Waals surface area contributed by atoms with E-state index in [1.807, 2.05) is 0 Å². The van der Waals surface area contributed by atoms with Gasteiger partial charge in [0.25, 0.3) is 5.56 Å². The molecule has 8 nitrogen and oxygen atoms in total. The average Bonchev–Trinajstić information content (AvgIpc) is 2.71. The standard InChI is InChI=1S/C10H11ClN4O4/c1-13-7-6(8(17)14(2)10(13)18)15(9(11)12-7)4-5(16)19-3/h4H2,1-3H3. The molecule has 0 atom stereocenters. The highest BCUT2D eigenvalue weighted by atomic mass is 35.5. The van der Waals surface area contributed by atoms with Crippen LogP contribution in [0.15, 0.2) is 9.59 Å². The molecule has 9 heteroatoms. The normalized spacial score (nSPS) is 10.9. The van der Waals surface area contributed by atoms with Crippen LogP contribution in [0.5, 0.6) is 0 Å². The van der Waals surface area contributed by atoms with Crippen molar-refractivity contribution in [1.29, 1.82) is 0 Å². The Kier molecular flexibility index (Phi) is 3.19. The molecule has 0 spiro atoms. The lowest BCUT2D eigenvalue weighted by Gasteiger charge is -2.05. The van der Waals surface area contributed by atoms with Gasteiger partial charge in [-0.15, -0.1) is 0 Å². The van der Waals surface area contributed by atoms with E-state index in [-0.39, 0.29) is 23.0 Å². The first-order chi connectivity index (χ1) is 8.88. The van der Waals surface area contributed by atoms with Crippen molar-refractivity contribution in [1.82, 2.24) is 18.7 Å². The Bertz CT molecular complexity index is 785. The highest BCUT2D eigenvalue weighted by molar-refractivity contribution is 6.29. The number of aryl methyl sites for hydroxylation is 1. The molecular formula is C10H11ClN4O4. The summed E-state index contributed by atoms with van der Waals surface area (Å²) < 4.78 is 7.86. The number of methoxy groups -OCH3 is 1. The molecule has 0 aromatic carbocycles. The molecule has 0 saturated carbocycles. The van der Waals surface area contributed by atoms with Crippen molar-refractivity contribution >= 4 is 28.7 Å². The number of imidazole rings is 1. The molecule has 19 heavy (non-hydrogen) atoms. The summed E-state index contributed by atoms with van der Waals surface area (Å²) in [6, 6.07) is 0. The molecule has 0 radical (unpaired) electrons. The summed E-state index contributed by atoms with van der Waals surface area (Å²) in [5.74, 6) is -0.572. The van der Waals surface area contributed by atoms with Gasteiger partial charge in [-0.2, -0.15) is 4.98 Å². The first kappa shape index (κ1) is 13.3. The van der Waals surface area contributed by atoms with Gasteiger partial charge in [-0.3, -0.25) is 23.3 Å². The summed E-state index contributed by atoms with van der Waals surface area (Å²) in [7, 11) is 4.03. The van der Waals surface area contributed by atoms with Crippen LogP contribution in [0.2, 0.25) is 5.28 Å². The van der Waals surface area contributed by atoms with Crippen LogP contribution in [-0.4, -0.2) is 31.8 Å². The monoisotopic (exact) mass is 286 g/mol. The summed E-state index contributed by atoms with van der Waals surface area (Å²) in [4.78, 5) is 39.1. The van der Waals surface area contributed by atoms with Crippen molar-refractivity contribution in [2.75, 3.05) is 7.11 Å². The van der Waals surface area contributed by atoms with Gasteiger partial charge in [0.1, 0.15) is 6.54 Å². The third-order valence-electron chi connectivity index (χ3n) is 2.82. The van der Waals surface area contributed by atoms with Gasteiger partial charge < -0.3 is 4.74 Å². The van der Waals surface area contributed by atoms with Gasteiger partial charge in [0, 0.05) is 14.1 Å². The molecule has 2 heterocycles. The molecule has 0 aliphatic carbocycles. The van der Waals surface area contributed by atoms with Crippen LogP contribution < -0.4 is 11.2 Å². The van der Waals surface area contributed by atoms with Crippen LogP contribution in [0.1, 0.15) is 0 Å². The number of hydrogen-bond donors (Lipinski definition) is 0. The molecule has 2 rings (SSSR count). The first-order valence-electron chi connectivity index (χ1n) is 5.27. The summed E-state index contributed by atoms with van der Waals surface area (Å²) in [6.07, 6.45) is 0. The number of esters is 1. The predicted octanol–water partition coefficient (Wildman–Crippen LogP) is -0.740. The van der Waals surface area contributed by atoms with Crippen LogP contribution in [0.4, 0.5) is 0 Å². The van der Waals surface area contributed by atoms with Crippen molar-refractivity contribution in [3.05, 3.63) is 26.1 Å². The molecule has 102 valence electrons.